The lowest BCUT2D eigenvalue weighted by Crippen LogP contribution is -2.31. The van der Waals surface area contributed by atoms with E-state index in [9.17, 15) is 0 Å². The number of benzene rings is 6. The summed E-state index contributed by atoms with van der Waals surface area (Å²) in [5, 5.41) is 0. The van der Waals surface area contributed by atoms with E-state index in [1.54, 1.807) is 7.11 Å². The Morgan fingerprint density at radius 2 is 0.467 bits per heavy atom. The van der Waals surface area contributed by atoms with E-state index in [0.29, 0.717) is 106 Å². The third-order valence-corrected chi connectivity index (χ3v) is 17.3. The summed E-state index contributed by atoms with van der Waals surface area (Å²) in [5.74, 6) is 1.52. The Morgan fingerprint density at radius 3 is 0.752 bits per heavy atom. The second-order valence-corrected chi connectivity index (χ2v) is 28.4. The molecule has 580 valence electrons. The first-order valence-electron chi connectivity index (χ1n) is 37.9. The van der Waals surface area contributed by atoms with Gasteiger partial charge < -0.3 is 85.5 Å². The second kappa shape index (κ2) is 47.0. The van der Waals surface area contributed by atoms with E-state index >= 15 is 0 Å². The summed E-state index contributed by atoms with van der Waals surface area (Å²) in [4.78, 5) is 9.01. The Hall–Kier alpha value is -6.05. The predicted molar refractivity (Wildman–Crippen MR) is 416 cm³/mol. The van der Waals surface area contributed by atoms with Crippen LogP contribution in [0.15, 0.2) is 146 Å². The molecule has 105 heavy (non-hydrogen) atoms. The van der Waals surface area contributed by atoms with Crippen LogP contribution in [0.2, 0.25) is 0 Å². The van der Waals surface area contributed by atoms with Crippen molar-refractivity contribution in [1.82, 2.24) is 9.97 Å². The van der Waals surface area contributed by atoms with Gasteiger partial charge in [0.05, 0.1) is 208 Å². The number of aromatic nitrogens is 2. The number of hydrogen-bond acceptors (Lipinski definition) is 18. The third kappa shape index (κ3) is 32.4. The quantitative estimate of drug-likeness (QED) is 0.0379. The molecular weight excluding hydrogens is 1330 g/mol. The van der Waals surface area contributed by atoms with Gasteiger partial charge in [0.15, 0.2) is 0 Å². The lowest BCUT2D eigenvalue weighted by molar-refractivity contribution is -0.116. The topological polar surface area (TPSA) is 186 Å². The van der Waals surface area contributed by atoms with Crippen molar-refractivity contribution in [3.05, 3.63) is 146 Å². The number of aromatic amines is 1. The molecule has 0 bridgehead atoms. The van der Waals surface area contributed by atoms with Gasteiger partial charge in [0.2, 0.25) is 0 Å². The van der Waals surface area contributed by atoms with E-state index in [0.717, 1.165) is 50.4 Å². The van der Waals surface area contributed by atoms with Gasteiger partial charge in [-0.05, 0) is 168 Å². The van der Waals surface area contributed by atoms with E-state index in [-0.39, 0.29) is 97.7 Å². The minimum absolute atomic E-state index is 0.0276. The van der Waals surface area contributed by atoms with Crippen molar-refractivity contribution in [1.29, 1.82) is 0 Å². The molecule has 7 rings (SSSR count). The van der Waals surface area contributed by atoms with Crippen molar-refractivity contribution in [2.24, 2.45) is 0 Å². The minimum Gasteiger partial charge on any atom is -0.488 e. The normalized spacial score (nSPS) is 16.7. The minimum atomic E-state index is -0.198. The average molecular weight is 1460 g/mol. The van der Waals surface area contributed by atoms with E-state index in [4.69, 9.17) is 85.5 Å². The molecule has 0 fully saturated rings. The van der Waals surface area contributed by atoms with Gasteiger partial charge in [-0.25, -0.2) is 4.98 Å². The van der Waals surface area contributed by atoms with E-state index in [1.165, 1.54) is 22.3 Å². The van der Waals surface area contributed by atoms with Gasteiger partial charge in [0, 0.05) is 23.8 Å². The zero-order valence-corrected chi connectivity index (χ0v) is 65.8. The molecule has 19 nitrogen and oxygen atoms in total. The maximum atomic E-state index is 6.33. The van der Waals surface area contributed by atoms with Crippen LogP contribution in [0.5, 0.6) is 5.75 Å². The van der Waals surface area contributed by atoms with Crippen LogP contribution in [-0.4, -0.2) is 220 Å². The Morgan fingerprint density at radius 1 is 0.238 bits per heavy atom. The first-order valence-corrected chi connectivity index (χ1v) is 37.9. The van der Waals surface area contributed by atoms with Gasteiger partial charge in [-0.1, -0.05) is 121 Å². The number of hydrogen-bond donors (Lipinski definition) is 1. The molecule has 0 aliphatic rings. The number of ether oxygens (including phenoxy) is 17. The van der Waals surface area contributed by atoms with E-state index < -0.39 is 0 Å². The molecule has 7 aromatic rings. The van der Waals surface area contributed by atoms with Crippen LogP contribution in [0.4, 0.5) is 0 Å². The van der Waals surface area contributed by atoms with Gasteiger partial charge in [-0.3, -0.25) is 0 Å². The summed E-state index contributed by atoms with van der Waals surface area (Å²) in [6, 6.07) is 50.9. The first-order chi connectivity index (χ1) is 50.6. The van der Waals surface area contributed by atoms with E-state index in [2.05, 4.69) is 114 Å². The molecule has 1 heterocycles. The fraction of sp³-hybridized carbons (Fsp3) is 0.570. The predicted octanol–water partition coefficient (Wildman–Crippen LogP) is 16.4. The number of rotatable bonds is 54. The smallest absolute Gasteiger partial charge is 0.138 e. The van der Waals surface area contributed by atoms with Crippen LogP contribution < -0.4 is 4.74 Å². The van der Waals surface area contributed by atoms with Crippen LogP contribution >= 0.6 is 0 Å². The molecule has 0 saturated carbocycles. The molecule has 16 unspecified atom stereocenters. The van der Waals surface area contributed by atoms with E-state index in [1.807, 2.05) is 147 Å². The maximum Gasteiger partial charge on any atom is 0.138 e. The lowest BCUT2D eigenvalue weighted by atomic mass is 9.95. The molecule has 1 N–H and O–H groups in total. The third-order valence-electron chi connectivity index (χ3n) is 17.3. The summed E-state index contributed by atoms with van der Waals surface area (Å²) in [6.07, 6.45) is -1.73. The standard InChI is InChI=1S/C86H124N2O17/c1-58(42-89-17)90-43-59(2)91-44-60(3)92-45-61(4)93-46-62(5)94-47-63(6)95-48-64(7)96-49-65(8)97-50-66(9)98-51-67(10)99-52-68(11)100-53-69(12)101-54-70(13)102-55-71(14)103-56-72(15)104-57-73(16)105-81-38-36-80(37-39-81)86-87-84-82(78-32-28-76(29-33-78)74-24-20-18-21-25-74)40-41-83(85(84)88-86)79-34-30-77(31-35-79)75-26-22-19-23-27-75/h18-41,58-73H,42-57H2,1-17H3,(H,87,88). The van der Waals surface area contributed by atoms with Gasteiger partial charge in [-0.15, -0.1) is 0 Å². The van der Waals surface area contributed by atoms with Crippen LogP contribution in [0.1, 0.15) is 111 Å². The van der Waals surface area contributed by atoms with Crippen LogP contribution in [-0.2, 0) is 75.8 Å². The van der Waals surface area contributed by atoms with Gasteiger partial charge in [0.1, 0.15) is 17.7 Å². The Labute approximate surface area is 627 Å². The molecular formula is C86H124N2O17. The zero-order chi connectivity index (χ0) is 75.5. The summed E-state index contributed by atoms with van der Waals surface area (Å²) in [5.41, 5.74) is 11.9. The van der Waals surface area contributed by atoms with Crippen LogP contribution in [0.3, 0.4) is 0 Å². The SMILES string of the molecule is COCC(C)OCC(C)OCC(C)OCC(C)OCC(C)OCC(C)OCC(C)OCC(C)OCC(C)OCC(C)OCC(C)OCC(C)OCC(C)OCC(C)OCC(C)OCC(C)Oc1ccc(-c2nc3c(-c4ccc(-c5ccccc5)cc4)ccc(-c4ccc(-c5ccccc5)cc4)c3[nH]2)cc1. The molecule has 16 atom stereocenters. The van der Waals surface area contributed by atoms with Crippen molar-refractivity contribution in [2.45, 2.75) is 208 Å². The number of fused-ring (bicyclic) bond motifs is 1. The number of H-pyrrole nitrogens is 1. The number of methoxy groups -OCH3 is 1. The zero-order valence-electron chi connectivity index (χ0n) is 65.8. The largest absolute Gasteiger partial charge is 0.488 e. The fourth-order valence-corrected chi connectivity index (χ4v) is 11.1. The van der Waals surface area contributed by atoms with Gasteiger partial charge in [0.25, 0.3) is 0 Å². The summed E-state index contributed by atoms with van der Waals surface area (Å²) >= 11 is 0. The van der Waals surface area contributed by atoms with Crippen molar-refractivity contribution in [3.8, 4) is 61.6 Å². The monoisotopic (exact) mass is 1460 g/mol. The molecule has 0 aliphatic carbocycles. The molecule has 19 heteroatoms. The van der Waals surface area contributed by atoms with Crippen molar-refractivity contribution >= 4 is 11.0 Å². The summed E-state index contributed by atoms with van der Waals surface area (Å²) < 4.78 is 102. The highest BCUT2D eigenvalue weighted by atomic mass is 16.6. The Kier molecular flexibility index (Phi) is 38.6. The molecule has 1 aromatic heterocycles. The van der Waals surface area contributed by atoms with Crippen molar-refractivity contribution in [2.75, 3.05) is 113 Å². The fourth-order valence-electron chi connectivity index (χ4n) is 11.1. The average Bonchev–Trinajstić information content (AvgIpc) is 1.65. The molecule has 0 aliphatic heterocycles. The highest BCUT2D eigenvalue weighted by molar-refractivity contribution is 6.02. The lowest BCUT2D eigenvalue weighted by Gasteiger charge is -2.24. The molecule has 6 aromatic carbocycles. The highest BCUT2D eigenvalue weighted by Gasteiger charge is 2.21. The van der Waals surface area contributed by atoms with Gasteiger partial charge >= 0.3 is 0 Å². The number of nitrogens with zero attached hydrogens (tertiary/aromatic N) is 1. The Balaban J connectivity index is 0.688. The summed E-state index contributed by atoms with van der Waals surface area (Å²) in [6.45, 7) is 39.0. The van der Waals surface area contributed by atoms with Crippen LogP contribution in [0.25, 0.3) is 66.9 Å². The van der Waals surface area contributed by atoms with Crippen molar-refractivity contribution in [3.63, 3.8) is 0 Å². The molecule has 0 spiro atoms. The highest BCUT2D eigenvalue weighted by Crippen LogP contribution is 2.38. The maximum absolute atomic E-state index is 6.33. The first kappa shape index (κ1) is 86.2. The summed E-state index contributed by atoms with van der Waals surface area (Å²) in [7, 11) is 1.66. The Bertz CT molecular complexity index is 3300. The molecule has 0 radical (unpaired) electrons. The molecule has 0 saturated heterocycles. The second-order valence-electron chi connectivity index (χ2n) is 28.4. The number of imidazole rings is 1. The molecule has 0 amide bonds. The van der Waals surface area contributed by atoms with Crippen molar-refractivity contribution < 1.29 is 80.5 Å². The van der Waals surface area contributed by atoms with Gasteiger partial charge in [-0.2, -0.15) is 0 Å². The number of nitrogens with one attached hydrogen (secondary N) is 1. The van der Waals surface area contributed by atoms with Crippen LogP contribution in [0, 0.1) is 0 Å².